The molecule has 0 aliphatic carbocycles. The molecular formula is C19H19F2N5O4S2. The number of para-hydroxylation sites is 2. The molecule has 9 nitrogen and oxygen atoms in total. The van der Waals surface area contributed by atoms with E-state index in [2.05, 4.69) is 4.98 Å². The molecule has 0 bridgehead atoms. The number of aromatic nitrogens is 2. The lowest BCUT2D eigenvalue weighted by atomic mass is 10.3. The van der Waals surface area contributed by atoms with Gasteiger partial charge < -0.3 is 4.90 Å². The van der Waals surface area contributed by atoms with Crippen LogP contribution < -0.4 is 0 Å². The number of fused-ring (bicyclic) bond motifs is 1. The fourth-order valence-corrected chi connectivity index (χ4v) is 5.88. The molecule has 0 amide bonds. The highest BCUT2D eigenvalue weighted by atomic mass is 32.2. The first kappa shape index (κ1) is 22.6. The van der Waals surface area contributed by atoms with Crippen LogP contribution in [0.4, 0.5) is 14.5 Å². The Morgan fingerprint density at radius 3 is 2.47 bits per heavy atom. The standard InChI is InChI=1S/C19H19F2N5O4S2/c1-23-8-10-24(11-9-23)32(29,30)13-6-7-17(16(12-13)26(27)28)31-19-22-14-4-2-3-5-15(14)25(19)18(20)21/h2-7,12,18H,8-11H2,1H3. The number of halogens is 2. The van der Waals surface area contributed by atoms with Crippen molar-refractivity contribution in [3.05, 3.63) is 52.6 Å². The van der Waals surface area contributed by atoms with E-state index in [0.717, 1.165) is 6.07 Å². The summed E-state index contributed by atoms with van der Waals surface area (Å²) >= 11 is 0.694. The average molecular weight is 484 g/mol. The second-order valence-electron chi connectivity index (χ2n) is 7.23. The van der Waals surface area contributed by atoms with Crippen LogP contribution in [-0.4, -0.2) is 65.3 Å². The minimum Gasteiger partial charge on any atom is -0.304 e. The lowest BCUT2D eigenvalue weighted by Crippen LogP contribution is -2.47. The van der Waals surface area contributed by atoms with Crippen molar-refractivity contribution in [1.82, 2.24) is 18.8 Å². The molecule has 1 fully saturated rings. The summed E-state index contributed by atoms with van der Waals surface area (Å²) in [5, 5.41) is 11.6. The summed E-state index contributed by atoms with van der Waals surface area (Å²) in [6, 6.07) is 9.81. The Morgan fingerprint density at radius 2 is 1.81 bits per heavy atom. The van der Waals surface area contributed by atoms with Crippen molar-refractivity contribution in [2.24, 2.45) is 0 Å². The summed E-state index contributed by atoms with van der Waals surface area (Å²) in [4.78, 5) is 17.0. The molecule has 1 saturated heterocycles. The van der Waals surface area contributed by atoms with Crippen LogP contribution in [0, 0.1) is 10.1 Å². The highest BCUT2D eigenvalue weighted by molar-refractivity contribution is 7.99. The van der Waals surface area contributed by atoms with Crippen molar-refractivity contribution in [3.63, 3.8) is 0 Å². The van der Waals surface area contributed by atoms with Gasteiger partial charge >= 0.3 is 6.55 Å². The van der Waals surface area contributed by atoms with E-state index in [4.69, 9.17) is 0 Å². The number of likely N-dealkylation sites (N-methyl/N-ethyl adjacent to an activating group) is 1. The van der Waals surface area contributed by atoms with Crippen LogP contribution in [0.3, 0.4) is 0 Å². The maximum Gasteiger partial charge on any atom is 0.321 e. The average Bonchev–Trinajstić information content (AvgIpc) is 3.12. The van der Waals surface area contributed by atoms with Crippen LogP contribution in [0.1, 0.15) is 6.55 Å². The Bertz CT molecular complexity index is 1270. The number of rotatable bonds is 6. The number of imidazole rings is 1. The summed E-state index contributed by atoms with van der Waals surface area (Å²) < 4.78 is 55.3. The quantitative estimate of drug-likeness (QED) is 0.391. The molecule has 13 heteroatoms. The maximum atomic E-state index is 13.7. The van der Waals surface area contributed by atoms with Crippen molar-refractivity contribution >= 4 is 38.5 Å². The highest BCUT2D eigenvalue weighted by Crippen LogP contribution is 2.39. The van der Waals surface area contributed by atoms with Crippen molar-refractivity contribution in [2.45, 2.75) is 21.5 Å². The summed E-state index contributed by atoms with van der Waals surface area (Å²) in [7, 11) is -2.04. The molecule has 1 aliphatic heterocycles. The predicted octanol–water partition coefficient (Wildman–Crippen LogP) is 3.43. The Balaban J connectivity index is 1.72. The van der Waals surface area contributed by atoms with Crippen LogP contribution in [0.15, 0.2) is 57.4 Å². The molecule has 3 aromatic rings. The van der Waals surface area contributed by atoms with Gasteiger partial charge in [0.05, 0.1) is 25.7 Å². The first-order chi connectivity index (χ1) is 15.2. The third-order valence-corrected chi connectivity index (χ3v) is 8.12. The minimum absolute atomic E-state index is 0.0181. The van der Waals surface area contributed by atoms with Crippen LogP contribution in [-0.2, 0) is 10.0 Å². The molecule has 1 aliphatic rings. The molecular weight excluding hydrogens is 464 g/mol. The van der Waals surface area contributed by atoms with E-state index in [1.54, 1.807) is 18.2 Å². The van der Waals surface area contributed by atoms with Gasteiger partial charge in [-0.25, -0.2) is 13.4 Å². The van der Waals surface area contributed by atoms with E-state index in [1.165, 1.54) is 22.5 Å². The topological polar surface area (TPSA) is 102 Å². The smallest absolute Gasteiger partial charge is 0.304 e. The van der Waals surface area contributed by atoms with Crippen LogP contribution in [0.2, 0.25) is 0 Å². The van der Waals surface area contributed by atoms with E-state index in [-0.39, 0.29) is 33.6 Å². The largest absolute Gasteiger partial charge is 0.321 e. The van der Waals surface area contributed by atoms with Gasteiger partial charge in [0.1, 0.15) is 0 Å². The van der Waals surface area contributed by atoms with Crippen LogP contribution in [0.5, 0.6) is 0 Å². The van der Waals surface area contributed by atoms with Gasteiger partial charge in [-0.2, -0.15) is 13.1 Å². The van der Waals surface area contributed by atoms with E-state index in [9.17, 15) is 27.3 Å². The van der Waals surface area contributed by atoms with Crippen molar-refractivity contribution in [1.29, 1.82) is 0 Å². The Hall–Kier alpha value is -2.61. The number of piperazine rings is 1. The number of hydrogen-bond donors (Lipinski definition) is 0. The van der Waals surface area contributed by atoms with E-state index in [1.807, 2.05) is 11.9 Å². The van der Waals surface area contributed by atoms with E-state index in [0.29, 0.717) is 34.9 Å². The fraction of sp³-hybridized carbons (Fsp3) is 0.316. The summed E-state index contributed by atoms with van der Waals surface area (Å²) in [5.74, 6) is 0. The molecule has 32 heavy (non-hydrogen) atoms. The molecule has 0 N–H and O–H groups in total. The third-order valence-electron chi connectivity index (χ3n) is 5.19. The van der Waals surface area contributed by atoms with Crippen molar-refractivity contribution < 1.29 is 22.1 Å². The lowest BCUT2D eigenvalue weighted by Gasteiger charge is -2.31. The normalized spacial score (nSPS) is 16.1. The van der Waals surface area contributed by atoms with E-state index < -0.39 is 27.2 Å². The molecule has 2 aromatic carbocycles. The van der Waals surface area contributed by atoms with Gasteiger partial charge in [-0.15, -0.1) is 0 Å². The fourth-order valence-electron chi connectivity index (χ4n) is 3.45. The molecule has 0 atom stereocenters. The molecule has 2 heterocycles. The number of nitro groups is 1. The number of benzene rings is 2. The number of nitrogens with zero attached hydrogens (tertiary/aromatic N) is 5. The van der Waals surface area contributed by atoms with Crippen LogP contribution in [0.25, 0.3) is 11.0 Å². The highest BCUT2D eigenvalue weighted by Gasteiger charge is 2.30. The van der Waals surface area contributed by atoms with Gasteiger partial charge in [0.25, 0.3) is 5.69 Å². The summed E-state index contributed by atoms with van der Waals surface area (Å²) in [5.41, 5.74) is 0.0345. The van der Waals surface area contributed by atoms with Crippen molar-refractivity contribution in [3.8, 4) is 0 Å². The first-order valence-corrected chi connectivity index (χ1v) is 11.8. The third kappa shape index (κ3) is 4.20. The van der Waals surface area contributed by atoms with Gasteiger partial charge in [0, 0.05) is 32.2 Å². The zero-order valence-corrected chi connectivity index (χ0v) is 18.5. The lowest BCUT2D eigenvalue weighted by molar-refractivity contribution is -0.388. The molecule has 4 rings (SSSR count). The second-order valence-corrected chi connectivity index (χ2v) is 10.2. The molecule has 0 saturated carbocycles. The number of alkyl halides is 2. The number of nitro benzene ring substituents is 1. The van der Waals surface area contributed by atoms with Gasteiger partial charge in [0.2, 0.25) is 10.0 Å². The van der Waals surface area contributed by atoms with Gasteiger partial charge in [-0.05, 0) is 43.1 Å². The first-order valence-electron chi connectivity index (χ1n) is 9.58. The number of sulfonamides is 1. The molecule has 0 unspecified atom stereocenters. The molecule has 0 radical (unpaired) electrons. The summed E-state index contributed by atoms with van der Waals surface area (Å²) in [6.45, 7) is -1.23. The van der Waals surface area contributed by atoms with E-state index >= 15 is 0 Å². The SMILES string of the molecule is CN1CCN(S(=O)(=O)c2ccc(Sc3nc4ccccc4n3C(F)F)c([N+](=O)[O-])c2)CC1. The maximum absolute atomic E-state index is 13.7. The Morgan fingerprint density at radius 1 is 1.12 bits per heavy atom. The zero-order valence-electron chi connectivity index (χ0n) is 16.9. The van der Waals surface area contributed by atoms with Gasteiger partial charge in [0.15, 0.2) is 5.16 Å². The van der Waals surface area contributed by atoms with Gasteiger partial charge in [-0.1, -0.05) is 12.1 Å². The predicted molar refractivity (Wildman–Crippen MR) is 114 cm³/mol. The van der Waals surface area contributed by atoms with Crippen LogP contribution >= 0.6 is 11.8 Å². The molecule has 170 valence electrons. The van der Waals surface area contributed by atoms with Crippen molar-refractivity contribution in [2.75, 3.05) is 33.2 Å². The van der Waals surface area contributed by atoms with Gasteiger partial charge in [-0.3, -0.25) is 14.7 Å². The molecule has 1 aromatic heterocycles. The minimum atomic E-state index is -3.92. The zero-order chi connectivity index (χ0) is 23.0. The Kier molecular flexibility index (Phi) is 6.16. The Labute approximate surface area is 186 Å². The summed E-state index contributed by atoms with van der Waals surface area (Å²) in [6.07, 6.45) is 0. The molecule has 0 spiro atoms. The number of hydrogen-bond acceptors (Lipinski definition) is 7. The monoisotopic (exact) mass is 483 g/mol. The second kappa shape index (κ2) is 8.73.